The average molecular weight is 450 g/mol. The highest BCUT2D eigenvalue weighted by Gasteiger charge is 2.26. The van der Waals surface area contributed by atoms with Gasteiger partial charge in [0, 0.05) is 28.7 Å². The van der Waals surface area contributed by atoms with Gasteiger partial charge in [0.1, 0.15) is 17.9 Å². The fraction of sp³-hybridized carbons (Fsp3) is 0.217. The highest BCUT2D eigenvalue weighted by molar-refractivity contribution is 9.10. The Morgan fingerprint density at radius 1 is 0.931 bits per heavy atom. The van der Waals surface area contributed by atoms with E-state index in [1.807, 2.05) is 42.5 Å². The Bertz CT molecular complexity index is 1130. The third-order valence-electron chi connectivity index (χ3n) is 5.40. The van der Waals surface area contributed by atoms with Crippen LogP contribution in [0.4, 0.5) is 5.82 Å². The van der Waals surface area contributed by atoms with Crippen molar-refractivity contribution in [2.45, 2.75) is 18.9 Å². The first kappa shape index (κ1) is 18.3. The van der Waals surface area contributed by atoms with Crippen molar-refractivity contribution in [2.75, 3.05) is 18.0 Å². The Kier molecular flexibility index (Phi) is 4.81. The Hall–Kier alpha value is -2.70. The van der Waals surface area contributed by atoms with Gasteiger partial charge in [-0.3, -0.25) is 0 Å². The second-order valence-electron chi connectivity index (χ2n) is 7.27. The fourth-order valence-electron chi connectivity index (χ4n) is 3.92. The van der Waals surface area contributed by atoms with Crippen LogP contribution < -0.4 is 4.90 Å². The molecule has 0 saturated carbocycles. The summed E-state index contributed by atoms with van der Waals surface area (Å²) >= 11 is 3.50. The van der Waals surface area contributed by atoms with Crippen LogP contribution >= 0.6 is 15.9 Å². The summed E-state index contributed by atoms with van der Waals surface area (Å²) in [4.78, 5) is 11.3. The van der Waals surface area contributed by atoms with Gasteiger partial charge in [0.15, 0.2) is 0 Å². The molecule has 0 atom stereocenters. The number of halogens is 1. The summed E-state index contributed by atoms with van der Waals surface area (Å²) in [5, 5.41) is 10.8. The summed E-state index contributed by atoms with van der Waals surface area (Å²) in [5.74, 6) is 1.66. The Balaban J connectivity index is 1.75. The number of hydrogen-bond acceptors (Lipinski definition) is 5. The number of aliphatic hydroxyl groups is 1. The van der Waals surface area contributed by atoms with E-state index >= 15 is 0 Å². The summed E-state index contributed by atoms with van der Waals surface area (Å²) < 4.78 is 7.31. The number of fused-ring (bicyclic) bond motifs is 1. The molecular weight excluding hydrogens is 430 g/mol. The van der Waals surface area contributed by atoms with E-state index in [0.717, 1.165) is 64.1 Å². The smallest absolute Gasteiger partial charge is 0.232 e. The minimum atomic E-state index is -0.236. The lowest BCUT2D eigenvalue weighted by atomic mass is 9.99. The first-order valence-corrected chi connectivity index (χ1v) is 10.5. The van der Waals surface area contributed by atoms with E-state index < -0.39 is 0 Å². The maximum Gasteiger partial charge on any atom is 0.232 e. The number of aliphatic hydroxyl groups excluding tert-OH is 1. The van der Waals surface area contributed by atoms with Crippen LogP contribution in [0, 0.1) is 0 Å². The molecule has 1 N–H and O–H groups in total. The van der Waals surface area contributed by atoms with Crippen molar-refractivity contribution in [2.24, 2.45) is 0 Å². The van der Waals surface area contributed by atoms with E-state index in [9.17, 15) is 5.11 Å². The molecule has 0 bridgehead atoms. The van der Waals surface area contributed by atoms with E-state index in [1.54, 1.807) is 6.33 Å². The zero-order valence-electron chi connectivity index (χ0n) is 15.8. The van der Waals surface area contributed by atoms with Gasteiger partial charge in [0.2, 0.25) is 5.71 Å². The summed E-state index contributed by atoms with van der Waals surface area (Å²) in [7, 11) is 0. The van der Waals surface area contributed by atoms with Gasteiger partial charge in [-0.2, -0.15) is 0 Å². The highest BCUT2D eigenvalue weighted by atomic mass is 79.9. The van der Waals surface area contributed by atoms with Crippen LogP contribution in [0.25, 0.3) is 33.6 Å². The molecule has 1 aliphatic heterocycles. The molecule has 29 heavy (non-hydrogen) atoms. The zero-order chi connectivity index (χ0) is 19.8. The van der Waals surface area contributed by atoms with Crippen molar-refractivity contribution >= 4 is 32.8 Å². The molecular formula is C23H20BrN3O2. The Labute approximate surface area is 177 Å². The first-order valence-electron chi connectivity index (χ1n) is 9.72. The summed E-state index contributed by atoms with van der Waals surface area (Å²) in [5.41, 5.74) is 3.64. The monoisotopic (exact) mass is 449 g/mol. The van der Waals surface area contributed by atoms with Gasteiger partial charge in [0.05, 0.1) is 11.5 Å². The minimum Gasteiger partial charge on any atom is -0.437 e. The fourth-order valence-corrected chi connectivity index (χ4v) is 4.18. The lowest BCUT2D eigenvalue weighted by Crippen LogP contribution is -2.36. The number of nitrogens with zero attached hydrogens (tertiary/aromatic N) is 3. The number of piperidine rings is 1. The first-order chi connectivity index (χ1) is 14.2. The molecule has 5 nitrogen and oxygen atoms in total. The summed E-state index contributed by atoms with van der Waals surface area (Å²) in [6.07, 6.45) is 2.80. The molecule has 0 radical (unpaired) electrons. The van der Waals surface area contributed by atoms with Crippen molar-refractivity contribution in [3.05, 3.63) is 65.4 Å². The van der Waals surface area contributed by atoms with Crippen LogP contribution in [0.1, 0.15) is 12.8 Å². The third-order valence-corrected chi connectivity index (χ3v) is 5.93. The van der Waals surface area contributed by atoms with Crippen molar-refractivity contribution < 1.29 is 9.52 Å². The number of hydrogen-bond donors (Lipinski definition) is 1. The van der Waals surface area contributed by atoms with Crippen LogP contribution in [-0.2, 0) is 0 Å². The van der Waals surface area contributed by atoms with E-state index in [1.165, 1.54) is 0 Å². The zero-order valence-corrected chi connectivity index (χ0v) is 17.3. The van der Waals surface area contributed by atoms with Crippen molar-refractivity contribution in [3.8, 4) is 22.5 Å². The lowest BCUT2D eigenvalue weighted by Gasteiger charge is -2.30. The second-order valence-corrected chi connectivity index (χ2v) is 8.19. The highest BCUT2D eigenvalue weighted by Crippen LogP contribution is 2.43. The molecule has 3 heterocycles. The molecule has 0 amide bonds. The molecule has 4 aromatic rings. The number of aromatic nitrogens is 2. The maximum absolute atomic E-state index is 9.91. The van der Waals surface area contributed by atoms with Gasteiger partial charge in [-0.05, 0) is 30.5 Å². The molecule has 1 saturated heterocycles. The van der Waals surface area contributed by atoms with Crippen LogP contribution in [-0.4, -0.2) is 34.3 Å². The third kappa shape index (κ3) is 3.43. The lowest BCUT2D eigenvalue weighted by molar-refractivity contribution is 0.145. The molecule has 0 spiro atoms. The molecule has 5 rings (SSSR count). The van der Waals surface area contributed by atoms with E-state index in [-0.39, 0.29) is 6.10 Å². The molecule has 0 unspecified atom stereocenters. The average Bonchev–Trinajstić information content (AvgIpc) is 3.15. The van der Waals surface area contributed by atoms with Crippen LogP contribution in [0.15, 0.2) is 69.8 Å². The predicted molar refractivity (Wildman–Crippen MR) is 118 cm³/mol. The normalized spacial score (nSPS) is 15.2. The van der Waals surface area contributed by atoms with Crippen molar-refractivity contribution in [3.63, 3.8) is 0 Å². The number of anilines is 1. The van der Waals surface area contributed by atoms with Gasteiger partial charge in [-0.25, -0.2) is 9.97 Å². The number of furan rings is 1. The Morgan fingerprint density at radius 3 is 2.38 bits per heavy atom. The second kappa shape index (κ2) is 7.61. The van der Waals surface area contributed by atoms with Crippen molar-refractivity contribution in [1.29, 1.82) is 0 Å². The van der Waals surface area contributed by atoms with Crippen LogP contribution in [0.2, 0.25) is 0 Å². The van der Waals surface area contributed by atoms with E-state index in [4.69, 9.17) is 4.42 Å². The van der Waals surface area contributed by atoms with Gasteiger partial charge in [-0.1, -0.05) is 58.4 Å². The maximum atomic E-state index is 9.91. The SMILES string of the molecule is OC1CCN(c2ncnc3oc(-c4ccc(Br)cc4)c(-c4ccccc4)c23)CC1. The van der Waals surface area contributed by atoms with E-state index in [0.29, 0.717) is 5.71 Å². The van der Waals surface area contributed by atoms with Gasteiger partial charge in [-0.15, -0.1) is 0 Å². The summed E-state index contributed by atoms with van der Waals surface area (Å²) in [6, 6.07) is 18.3. The summed E-state index contributed by atoms with van der Waals surface area (Å²) in [6.45, 7) is 1.53. The molecule has 6 heteroatoms. The minimum absolute atomic E-state index is 0.236. The number of benzene rings is 2. The van der Waals surface area contributed by atoms with Crippen LogP contribution in [0.3, 0.4) is 0 Å². The molecule has 2 aromatic carbocycles. The van der Waals surface area contributed by atoms with Gasteiger partial charge >= 0.3 is 0 Å². The largest absolute Gasteiger partial charge is 0.437 e. The predicted octanol–water partition coefficient (Wildman–Crippen LogP) is 5.28. The Morgan fingerprint density at radius 2 is 1.66 bits per heavy atom. The van der Waals surface area contributed by atoms with Crippen LogP contribution in [0.5, 0.6) is 0 Å². The van der Waals surface area contributed by atoms with Gasteiger partial charge in [0.25, 0.3) is 0 Å². The molecule has 146 valence electrons. The topological polar surface area (TPSA) is 62.4 Å². The van der Waals surface area contributed by atoms with Crippen molar-refractivity contribution in [1.82, 2.24) is 9.97 Å². The molecule has 1 aliphatic rings. The molecule has 0 aliphatic carbocycles. The molecule has 2 aromatic heterocycles. The van der Waals surface area contributed by atoms with E-state index in [2.05, 4.69) is 42.9 Å². The standard InChI is InChI=1S/C23H20BrN3O2/c24-17-8-6-16(7-9-17)21-19(15-4-2-1-3-5-15)20-22(25-14-26-23(20)29-21)27-12-10-18(28)11-13-27/h1-9,14,18,28H,10-13H2. The quantitative estimate of drug-likeness (QED) is 0.460. The molecule has 1 fully saturated rings. The number of rotatable bonds is 3. The van der Waals surface area contributed by atoms with Gasteiger partial charge < -0.3 is 14.4 Å².